The molecule has 0 spiro atoms. The van der Waals surface area contributed by atoms with Crippen molar-refractivity contribution in [3.63, 3.8) is 0 Å². The maximum Gasteiger partial charge on any atom is 0.166 e. The second-order valence-electron chi connectivity index (χ2n) is 4.16. The Morgan fingerprint density at radius 3 is 2.83 bits per heavy atom. The average molecular weight is 263 g/mol. The van der Waals surface area contributed by atoms with Crippen molar-refractivity contribution in [2.24, 2.45) is 5.73 Å². The summed E-state index contributed by atoms with van der Waals surface area (Å²) in [5.41, 5.74) is 6.70. The van der Waals surface area contributed by atoms with Crippen LogP contribution in [0.2, 0.25) is 0 Å². The summed E-state index contributed by atoms with van der Waals surface area (Å²) in [6, 6.07) is 10.2. The lowest BCUT2D eigenvalue weighted by atomic mass is 10.3. The van der Waals surface area contributed by atoms with Crippen molar-refractivity contribution in [3.8, 4) is 5.69 Å². The minimum atomic E-state index is 0.252. The minimum Gasteiger partial charge on any atom is -0.328 e. The summed E-state index contributed by atoms with van der Waals surface area (Å²) in [4.78, 5) is 0. The van der Waals surface area contributed by atoms with E-state index >= 15 is 0 Å². The van der Waals surface area contributed by atoms with E-state index in [-0.39, 0.29) is 6.04 Å². The number of para-hydroxylation sites is 1. The smallest absolute Gasteiger partial charge is 0.166 e. The van der Waals surface area contributed by atoms with Gasteiger partial charge in [-0.3, -0.25) is 0 Å². The molecule has 0 saturated carbocycles. The van der Waals surface area contributed by atoms with E-state index in [2.05, 4.69) is 15.5 Å². The maximum absolute atomic E-state index is 5.71. The number of hydrogen-bond acceptors (Lipinski definition) is 5. The molecule has 2 N–H and O–H groups in total. The summed E-state index contributed by atoms with van der Waals surface area (Å²) in [5, 5.41) is 11.8. The fourth-order valence-corrected chi connectivity index (χ4v) is 2.54. The van der Waals surface area contributed by atoms with E-state index < -0.39 is 0 Å². The molecule has 1 atom stereocenters. The van der Waals surface area contributed by atoms with Gasteiger partial charge in [0.1, 0.15) is 0 Å². The van der Waals surface area contributed by atoms with Crippen molar-refractivity contribution in [1.82, 2.24) is 20.2 Å². The van der Waals surface area contributed by atoms with Crippen LogP contribution in [0.25, 0.3) is 5.69 Å². The van der Waals surface area contributed by atoms with Crippen LogP contribution in [-0.2, 0) is 5.75 Å². The third kappa shape index (κ3) is 3.54. The first-order valence-electron chi connectivity index (χ1n) is 5.93. The van der Waals surface area contributed by atoms with Gasteiger partial charge in [-0.1, -0.05) is 18.2 Å². The van der Waals surface area contributed by atoms with Gasteiger partial charge in [0.25, 0.3) is 0 Å². The fraction of sp³-hybridized carbons (Fsp3) is 0.417. The van der Waals surface area contributed by atoms with Crippen LogP contribution in [-0.4, -0.2) is 32.0 Å². The first-order chi connectivity index (χ1) is 8.77. The molecule has 2 rings (SSSR count). The number of hydrogen-bond donors (Lipinski definition) is 1. The lowest BCUT2D eigenvalue weighted by Crippen LogP contribution is -2.15. The van der Waals surface area contributed by atoms with Crippen LogP contribution in [0, 0.1) is 0 Å². The van der Waals surface area contributed by atoms with Gasteiger partial charge in [-0.05, 0) is 41.7 Å². The zero-order chi connectivity index (χ0) is 12.8. The van der Waals surface area contributed by atoms with E-state index in [0.29, 0.717) is 0 Å². The van der Waals surface area contributed by atoms with Crippen molar-refractivity contribution >= 4 is 11.8 Å². The molecular weight excluding hydrogens is 246 g/mol. The highest BCUT2D eigenvalue weighted by Crippen LogP contribution is 2.14. The van der Waals surface area contributed by atoms with E-state index in [1.165, 1.54) is 0 Å². The highest BCUT2D eigenvalue weighted by Gasteiger charge is 2.07. The molecule has 1 unspecified atom stereocenters. The molecule has 6 heteroatoms. The van der Waals surface area contributed by atoms with Gasteiger partial charge in [-0.25, -0.2) is 0 Å². The molecule has 0 aliphatic rings. The van der Waals surface area contributed by atoms with Crippen LogP contribution in [0.5, 0.6) is 0 Å². The molecule has 0 aliphatic heterocycles. The molecule has 0 saturated heterocycles. The van der Waals surface area contributed by atoms with E-state index in [1.54, 1.807) is 16.4 Å². The molecule has 0 bridgehead atoms. The van der Waals surface area contributed by atoms with Gasteiger partial charge < -0.3 is 5.73 Å². The lowest BCUT2D eigenvalue weighted by molar-refractivity contribution is 0.721. The SMILES string of the molecule is CC(N)CCSCc1nnnn1-c1ccccc1. The summed E-state index contributed by atoms with van der Waals surface area (Å²) in [6.45, 7) is 2.02. The largest absolute Gasteiger partial charge is 0.328 e. The normalized spacial score (nSPS) is 12.6. The summed E-state index contributed by atoms with van der Waals surface area (Å²) < 4.78 is 1.78. The molecule has 0 amide bonds. The molecule has 96 valence electrons. The molecule has 1 aromatic heterocycles. The molecule has 0 aliphatic carbocycles. The minimum absolute atomic E-state index is 0.252. The maximum atomic E-state index is 5.71. The van der Waals surface area contributed by atoms with Crippen LogP contribution in [0.3, 0.4) is 0 Å². The third-order valence-corrected chi connectivity index (χ3v) is 3.47. The van der Waals surface area contributed by atoms with E-state index in [9.17, 15) is 0 Å². The predicted octanol–water partition coefficient (Wildman–Crippen LogP) is 1.63. The Hall–Kier alpha value is -1.40. The highest BCUT2D eigenvalue weighted by atomic mass is 32.2. The lowest BCUT2D eigenvalue weighted by Gasteiger charge is -2.05. The van der Waals surface area contributed by atoms with Gasteiger partial charge >= 0.3 is 0 Å². The fourth-order valence-electron chi connectivity index (χ4n) is 1.50. The number of tetrazole rings is 1. The molecule has 0 radical (unpaired) electrons. The Bertz CT molecular complexity index is 468. The molecule has 5 nitrogen and oxygen atoms in total. The number of nitrogens with zero attached hydrogens (tertiary/aromatic N) is 4. The summed E-state index contributed by atoms with van der Waals surface area (Å²) in [5.74, 6) is 2.70. The number of benzene rings is 1. The number of aromatic nitrogens is 4. The van der Waals surface area contributed by atoms with Gasteiger partial charge in [0.05, 0.1) is 11.4 Å². The Balaban J connectivity index is 1.96. The zero-order valence-electron chi connectivity index (χ0n) is 10.4. The summed E-state index contributed by atoms with van der Waals surface area (Å²) >= 11 is 1.80. The topological polar surface area (TPSA) is 69.6 Å². The van der Waals surface area contributed by atoms with Crippen molar-refractivity contribution in [2.75, 3.05) is 5.75 Å². The molecule has 0 fully saturated rings. The van der Waals surface area contributed by atoms with E-state index in [0.717, 1.165) is 29.4 Å². The van der Waals surface area contributed by atoms with Gasteiger partial charge in [0, 0.05) is 6.04 Å². The van der Waals surface area contributed by atoms with Crippen LogP contribution in [0.15, 0.2) is 30.3 Å². The number of rotatable bonds is 6. The van der Waals surface area contributed by atoms with E-state index in [1.807, 2.05) is 37.3 Å². The van der Waals surface area contributed by atoms with Gasteiger partial charge in [0.2, 0.25) is 0 Å². The van der Waals surface area contributed by atoms with Crippen LogP contribution in [0.1, 0.15) is 19.2 Å². The van der Waals surface area contributed by atoms with Crippen LogP contribution in [0.4, 0.5) is 0 Å². The van der Waals surface area contributed by atoms with Crippen molar-refractivity contribution in [1.29, 1.82) is 0 Å². The summed E-state index contributed by atoms with van der Waals surface area (Å²) in [6.07, 6.45) is 1.01. The van der Waals surface area contributed by atoms with Crippen LogP contribution >= 0.6 is 11.8 Å². The van der Waals surface area contributed by atoms with Gasteiger partial charge in [0.15, 0.2) is 5.82 Å². The Morgan fingerprint density at radius 2 is 2.11 bits per heavy atom. The first-order valence-corrected chi connectivity index (χ1v) is 7.09. The van der Waals surface area contributed by atoms with Crippen molar-refractivity contribution in [3.05, 3.63) is 36.2 Å². The number of thioether (sulfide) groups is 1. The second-order valence-corrected chi connectivity index (χ2v) is 5.27. The van der Waals surface area contributed by atoms with Gasteiger partial charge in [-0.15, -0.1) is 5.10 Å². The van der Waals surface area contributed by atoms with Crippen molar-refractivity contribution < 1.29 is 0 Å². The van der Waals surface area contributed by atoms with Gasteiger partial charge in [-0.2, -0.15) is 16.4 Å². The molecule has 1 aromatic carbocycles. The molecule has 2 aromatic rings. The molecule has 18 heavy (non-hydrogen) atoms. The Kier molecular flexibility index (Phi) is 4.72. The predicted molar refractivity (Wildman–Crippen MR) is 73.6 cm³/mol. The summed E-state index contributed by atoms with van der Waals surface area (Å²) in [7, 11) is 0. The molecule has 1 heterocycles. The Labute approximate surface area is 111 Å². The third-order valence-electron chi connectivity index (χ3n) is 2.48. The highest BCUT2D eigenvalue weighted by molar-refractivity contribution is 7.98. The number of nitrogens with two attached hydrogens (primary N) is 1. The van der Waals surface area contributed by atoms with Crippen LogP contribution < -0.4 is 5.73 Å². The monoisotopic (exact) mass is 263 g/mol. The zero-order valence-corrected chi connectivity index (χ0v) is 11.2. The second kappa shape index (κ2) is 6.51. The quantitative estimate of drug-likeness (QED) is 0.802. The standard InChI is InChI=1S/C12H17N5S/c1-10(13)7-8-18-9-12-14-15-16-17(12)11-5-3-2-4-6-11/h2-6,10H,7-9,13H2,1H3. The van der Waals surface area contributed by atoms with E-state index in [4.69, 9.17) is 5.73 Å². The average Bonchev–Trinajstić information content (AvgIpc) is 2.84. The molecular formula is C12H17N5S. The Morgan fingerprint density at radius 1 is 1.33 bits per heavy atom. The van der Waals surface area contributed by atoms with Crippen molar-refractivity contribution in [2.45, 2.75) is 25.1 Å². The first kappa shape index (κ1) is 13.0.